The number of rotatable bonds is 5. The molecule has 1 aliphatic rings. The summed E-state index contributed by atoms with van der Waals surface area (Å²) in [5.74, 6) is 0.500. The summed E-state index contributed by atoms with van der Waals surface area (Å²) in [6.07, 6.45) is 6.94. The predicted octanol–water partition coefficient (Wildman–Crippen LogP) is 0.790. The van der Waals surface area contributed by atoms with Crippen LogP contribution >= 0.6 is 11.6 Å². The van der Waals surface area contributed by atoms with Crippen molar-refractivity contribution in [2.24, 2.45) is 0 Å². The lowest BCUT2D eigenvalue weighted by molar-refractivity contribution is -0.121. The van der Waals surface area contributed by atoms with E-state index < -0.39 is 6.04 Å². The Kier molecular flexibility index (Phi) is 3.70. The summed E-state index contributed by atoms with van der Waals surface area (Å²) < 4.78 is 1.60. The molecule has 0 bridgehead atoms. The van der Waals surface area contributed by atoms with E-state index in [0.29, 0.717) is 12.0 Å². The molecule has 1 unspecified atom stereocenters. The van der Waals surface area contributed by atoms with Crippen LogP contribution in [0.15, 0.2) is 18.7 Å². The number of anilines is 1. The minimum atomic E-state index is -0.459. The van der Waals surface area contributed by atoms with Gasteiger partial charge in [0.15, 0.2) is 0 Å². The SMILES string of the molecule is CC(Nc1nc(Cl)nc(-n2ccnc2)n1)C(=O)NC1CC1. The van der Waals surface area contributed by atoms with Gasteiger partial charge in [-0.2, -0.15) is 15.0 Å². The van der Waals surface area contributed by atoms with Crippen molar-refractivity contribution in [1.82, 2.24) is 29.8 Å². The maximum atomic E-state index is 11.9. The Morgan fingerprint density at radius 2 is 2.24 bits per heavy atom. The summed E-state index contributed by atoms with van der Waals surface area (Å²) in [6, 6.07) is -0.148. The molecule has 0 spiro atoms. The van der Waals surface area contributed by atoms with Crippen molar-refractivity contribution in [2.45, 2.75) is 31.8 Å². The number of carbonyl (C=O) groups excluding carboxylic acids is 1. The number of nitrogens with one attached hydrogen (secondary N) is 2. The number of nitrogens with zero attached hydrogens (tertiary/aromatic N) is 5. The standard InChI is InChI=1S/C12H14ClN7O/c1-7(9(21)16-8-2-3-8)15-11-17-10(13)18-12(19-11)20-5-4-14-6-20/h4-8H,2-3H2,1H3,(H,16,21)(H,15,17,18,19). The first-order valence-corrected chi connectivity index (χ1v) is 6.96. The van der Waals surface area contributed by atoms with E-state index in [9.17, 15) is 4.79 Å². The molecule has 0 aliphatic heterocycles. The van der Waals surface area contributed by atoms with Crippen LogP contribution in [0.2, 0.25) is 5.28 Å². The Labute approximate surface area is 126 Å². The topological polar surface area (TPSA) is 97.6 Å². The van der Waals surface area contributed by atoms with Gasteiger partial charge in [0.05, 0.1) is 0 Å². The third kappa shape index (κ3) is 3.46. The van der Waals surface area contributed by atoms with Gasteiger partial charge in [-0.3, -0.25) is 9.36 Å². The predicted molar refractivity (Wildman–Crippen MR) is 76.2 cm³/mol. The van der Waals surface area contributed by atoms with Gasteiger partial charge in [-0.1, -0.05) is 0 Å². The van der Waals surface area contributed by atoms with Gasteiger partial charge in [0, 0.05) is 18.4 Å². The first-order valence-electron chi connectivity index (χ1n) is 6.58. The van der Waals surface area contributed by atoms with E-state index in [-0.39, 0.29) is 17.1 Å². The number of hydrogen-bond donors (Lipinski definition) is 2. The normalized spacial score (nSPS) is 15.5. The van der Waals surface area contributed by atoms with Crippen molar-refractivity contribution in [3.8, 4) is 5.95 Å². The molecule has 1 saturated carbocycles. The van der Waals surface area contributed by atoms with Crippen molar-refractivity contribution < 1.29 is 4.79 Å². The van der Waals surface area contributed by atoms with Crippen LogP contribution in [0, 0.1) is 0 Å². The molecule has 1 amide bonds. The van der Waals surface area contributed by atoms with Crippen molar-refractivity contribution in [3.63, 3.8) is 0 Å². The molecule has 2 aromatic rings. The molecule has 9 heteroatoms. The summed E-state index contributed by atoms with van der Waals surface area (Å²) in [5, 5.41) is 5.88. The van der Waals surface area contributed by atoms with Gasteiger partial charge in [0.2, 0.25) is 23.1 Å². The van der Waals surface area contributed by atoms with E-state index in [4.69, 9.17) is 11.6 Å². The van der Waals surface area contributed by atoms with Gasteiger partial charge in [-0.15, -0.1) is 0 Å². The smallest absolute Gasteiger partial charge is 0.242 e. The average molecular weight is 308 g/mol. The van der Waals surface area contributed by atoms with Crippen LogP contribution in [-0.2, 0) is 4.79 Å². The molecule has 1 atom stereocenters. The Bertz CT molecular complexity index is 641. The summed E-state index contributed by atoms with van der Waals surface area (Å²) in [7, 11) is 0. The average Bonchev–Trinajstić information content (AvgIpc) is 3.08. The second-order valence-electron chi connectivity index (χ2n) is 4.85. The van der Waals surface area contributed by atoms with Crippen molar-refractivity contribution >= 4 is 23.5 Å². The molecule has 0 saturated heterocycles. The van der Waals surface area contributed by atoms with E-state index in [1.807, 2.05) is 0 Å². The van der Waals surface area contributed by atoms with Crippen LogP contribution in [0.4, 0.5) is 5.95 Å². The van der Waals surface area contributed by atoms with Gasteiger partial charge in [0.25, 0.3) is 0 Å². The molecular weight excluding hydrogens is 294 g/mol. The molecule has 0 radical (unpaired) electrons. The van der Waals surface area contributed by atoms with Crippen LogP contribution in [0.25, 0.3) is 5.95 Å². The molecule has 3 rings (SSSR count). The lowest BCUT2D eigenvalue weighted by Gasteiger charge is -2.14. The van der Waals surface area contributed by atoms with E-state index in [2.05, 4.69) is 30.6 Å². The first-order chi connectivity index (χ1) is 10.1. The molecule has 1 fully saturated rings. The van der Waals surface area contributed by atoms with E-state index >= 15 is 0 Å². The fraction of sp³-hybridized carbons (Fsp3) is 0.417. The van der Waals surface area contributed by atoms with Gasteiger partial charge in [-0.05, 0) is 31.4 Å². The van der Waals surface area contributed by atoms with Crippen molar-refractivity contribution in [1.29, 1.82) is 0 Å². The quantitative estimate of drug-likeness (QED) is 0.847. The van der Waals surface area contributed by atoms with Crippen LogP contribution in [0.3, 0.4) is 0 Å². The number of imidazole rings is 1. The highest BCUT2D eigenvalue weighted by Gasteiger charge is 2.26. The lowest BCUT2D eigenvalue weighted by Crippen LogP contribution is -2.39. The molecule has 1 aliphatic carbocycles. The molecule has 2 heterocycles. The zero-order valence-electron chi connectivity index (χ0n) is 11.3. The largest absolute Gasteiger partial charge is 0.352 e. The fourth-order valence-electron chi connectivity index (χ4n) is 1.71. The number of hydrogen-bond acceptors (Lipinski definition) is 6. The maximum absolute atomic E-state index is 11.9. The van der Waals surface area contributed by atoms with E-state index in [0.717, 1.165) is 12.8 Å². The highest BCUT2D eigenvalue weighted by atomic mass is 35.5. The molecule has 2 aromatic heterocycles. The van der Waals surface area contributed by atoms with Crippen molar-refractivity contribution in [2.75, 3.05) is 5.32 Å². The molecular formula is C12H14ClN7O. The Balaban J connectivity index is 1.73. The second kappa shape index (κ2) is 5.65. The lowest BCUT2D eigenvalue weighted by atomic mass is 10.3. The van der Waals surface area contributed by atoms with Gasteiger partial charge >= 0.3 is 0 Å². The van der Waals surface area contributed by atoms with Gasteiger partial charge in [0.1, 0.15) is 12.4 Å². The number of halogens is 1. The highest BCUT2D eigenvalue weighted by Crippen LogP contribution is 2.19. The maximum Gasteiger partial charge on any atom is 0.242 e. The van der Waals surface area contributed by atoms with Crippen LogP contribution in [0.1, 0.15) is 19.8 Å². The number of carbonyl (C=O) groups is 1. The zero-order valence-corrected chi connectivity index (χ0v) is 12.1. The number of aromatic nitrogens is 5. The molecule has 0 aromatic carbocycles. The molecule has 21 heavy (non-hydrogen) atoms. The van der Waals surface area contributed by atoms with Gasteiger partial charge in [-0.25, -0.2) is 4.98 Å². The van der Waals surface area contributed by atoms with Gasteiger partial charge < -0.3 is 10.6 Å². The summed E-state index contributed by atoms with van der Waals surface area (Å²) in [5.41, 5.74) is 0. The van der Waals surface area contributed by atoms with Crippen LogP contribution < -0.4 is 10.6 Å². The minimum Gasteiger partial charge on any atom is -0.352 e. The fourth-order valence-corrected chi connectivity index (χ4v) is 1.87. The van der Waals surface area contributed by atoms with Crippen LogP contribution in [0.5, 0.6) is 0 Å². The van der Waals surface area contributed by atoms with Crippen molar-refractivity contribution in [3.05, 3.63) is 24.0 Å². The van der Waals surface area contributed by atoms with E-state index in [1.54, 1.807) is 30.2 Å². The highest BCUT2D eigenvalue weighted by molar-refractivity contribution is 6.28. The number of amides is 1. The molecule has 8 nitrogen and oxygen atoms in total. The summed E-state index contributed by atoms with van der Waals surface area (Å²) >= 11 is 5.89. The van der Waals surface area contributed by atoms with E-state index in [1.165, 1.54) is 0 Å². The second-order valence-corrected chi connectivity index (χ2v) is 5.18. The molecule has 2 N–H and O–H groups in total. The summed E-state index contributed by atoms with van der Waals surface area (Å²) in [6.45, 7) is 1.74. The summed E-state index contributed by atoms with van der Waals surface area (Å²) in [4.78, 5) is 28.0. The Morgan fingerprint density at radius 1 is 1.43 bits per heavy atom. The van der Waals surface area contributed by atoms with Crippen LogP contribution in [-0.4, -0.2) is 42.5 Å². The minimum absolute atomic E-state index is 0.0472. The zero-order chi connectivity index (χ0) is 14.8. The third-order valence-corrected chi connectivity index (χ3v) is 3.16. The molecule has 110 valence electrons. The first kappa shape index (κ1) is 13.7. The Hall–Kier alpha value is -2.22. The Morgan fingerprint density at radius 3 is 2.90 bits per heavy atom. The monoisotopic (exact) mass is 307 g/mol. The third-order valence-electron chi connectivity index (χ3n) is 2.99.